The summed E-state index contributed by atoms with van der Waals surface area (Å²) in [6.45, 7) is 5.30. The Kier molecular flexibility index (Phi) is 5.50. The van der Waals surface area contributed by atoms with Gasteiger partial charge in [-0.3, -0.25) is 4.18 Å². The predicted molar refractivity (Wildman–Crippen MR) is 70.2 cm³/mol. The first-order valence-corrected chi connectivity index (χ1v) is 7.44. The maximum Gasteiger partial charge on any atom is 0.336 e. The SMILES string of the molecule is CCCOC(=O)C(C)OS(=O)(=O)c1ccc(C)cc1. The van der Waals surface area contributed by atoms with E-state index in [1.807, 2.05) is 13.8 Å². The molecule has 0 heterocycles. The highest BCUT2D eigenvalue weighted by Gasteiger charge is 2.24. The van der Waals surface area contributed by atoms with Gasteiger partial charge in [0.2, 0.25) is 0 Å². The highest BCUT2D eigenvalue weighted by molar-refractivity contribution is 7.86. The zero-order valence-electron chi connectivity index (χ0n) is 11.3. The summed E-state index contributed by atoms with van der Waals surface area (Å²) in [5, 5.41) is 0. The van der Waals surface area contributed by atoms with Crippen molar-refractivity contribution >= 4 is 16.1 Å². The van der Waals surface area contributed by atoms with Gasteiger partial charge in [-0.15, -0.1) is 0 Å². The Hall–Kier alpha value is -1.40. The molecule has 5 nitrogen and oxygen atoms in total. The molecule has 1 atom stereocenters. The lowest BCUT2D eigenvalue weighted by atomic mass is 10.2. The Morgan fingerprint density at radius 2 is 1.84 bits per heavy atom. The van der Waals surface area contributed by atoms with Gasteiger partial charge in [0.25, 0.3) is 10.1 Å². The zero-order valence-corrected chi connectivity index (χ0v) is 12.1. The standard InChI is InChI=1S/C13H18O5S/c1-4-9-17-13(14)11(3)18-19(15,16)12-7-5-10(2)6-8-12/h5-8,11H,4,9H2,1-3H3. The maximum absolute atomic E-state index is 11.9. The largest absolute Gasteiger partial charge is 0.464 e. The molecule has 0 N–H and O–H groups in total. The molecule has 0 fully saturated rings. The lowest BCUT2D eigenvalue weighted by Gasteiger charge is -2.12. The third-order valence-electron chi connectivity index (χ3n) is 2.36. The molecule has 0 bridgehead atoms. The van der Waals surface area contributed by atoms with Gasteiger partial charge in [0.1, 0.15) is 0 Å². The van der Waals surface area contributed by atoms with Gasteiger partial charge in [0.15, 0.2) is 6.10 Å². The summed E-state index contributed by atoms with van der Waals surface area (Å²) < 4.78 is 33.4. The van der Waals surface area contributed by atoms with E-state index in [0.29, 0.717) is 6.42 Å². The van der Waals surface area contributed by atoms with E-state index in [0.717, 1.165) is 5.56 Å². The molecule has 1 aromatic rings. The fraction of sp³-hybridized carbons (Fsp3) is 0.462. The van der Waals surface area contributed by atoms with E-state index in [1.165, 1.54) is 19.1 Å². The average Bonchev–Trinajstić information content (AvgIpc) is 2.35. The van der Waals surface area contributed by atoms with Crippen LogP contribution in [0.15, 0.2) is 29.2 Å². The highest BCUT2D eigenvalue weighted by Crippen LogP contribution is 2.15. The second-order valence-electron chi connectivity index (χ2n) is 4.17. The molecule has 0 saturated heterocycles. The number of carbonyl (C=O) groups is 1. The molecule has 0 saturated carbocycles. The quantitative estimate of drug-likeness (QED) is 0.591. The second-order valence-corrected chi connectivity index (χ2v) is 5.75. The highest BCUT2D eigenvalue weighted by atomic mass is 32.2. The molecule has 0 spiro atoms. The molecule has 0 aliphatic carbocycles. The topological polar surface area (TPSA) is 69.7 Å². The van der Waals surface area contributed by atoms with Crippen molar-refractivity contribution in [2.75, 3.05) is 6.61 Å². The average molecular weight is 286 g/mol. The van der Waals surface area contributed by atoms with Crippen molar-refractivity contribution in [2.24, 2.45) is 0 Å². The predicted octanol–water partition coefficient (Wildman–Crippen LogP) is 2.04. The van der Waals surface area contributed by atoms with Crippen LogP contribution in [0.2, 0.25) is 0 Å². The molecule has 0 radical (unpaired) electrons. The van der Waals surface area contributed by atoms with Crippen molar-refractivity contribution in [3.8, 4) is 0 Å². The Labute approximate surface area is 113 Å². The van der Waals surface area contributed by atoms with Crippen molar-refractivity contribution in [2.45, 2.75) is 38.2 Å². The summed E-state index contributed by atoms with van der Waals surface area (Å²) in [6.07, 6.45) is -0.485. The van der Waals surface area contributed by atoms with Crippen LogP contribution in [0.1, 0.15) is 25.8 Å². The molecule has 0 amide bonds. The molecule has 19 heavy (non-hydrogen) atoms. The van der Waals surface area contributed by atoms with Crippen LogP contribution in [0, 0.1) is 6.92 Å². The second kappa shape index (κ2) is 6.68. The van der Waals surface area contributed by atoms with E-state index in [4.69, 9.17) is 8.92 Å². The monoisotopic (exact) mass is 286 g/mol. The van der Waals surface area contributed by atoms with Crippen LogP contribution in [0.3, 0.4) is 0 Å². The minimum atomic E-state index is -3.95. The fourth-order valence-electron chi connectivity index (χ4n) is 1.31. The van der Waals surface area contributed by atoms with Crippen molar-refractivity contribution in [3.63, 3.8) is 0 Å². The Morgan fingerprint density at radius 1 is 1.26 bits per heavy atom. The van der Waals surface area contributed by atoms with Gasteiger partial charge in [0.05, 0.1) is 11.5 Å². The van der Waals surface area contributed by atoms with Crippen LogP contribution in [-0.4, -0.2) is 27.1 Å². The molecule has 106 valence electrons. The molecule has 6 heteroatoms. The molecule has 0 aliphatic heterocycles. The van der Waals surface area contributed by atoms with Crippen LogP contribution >= 0.6 is 0 Å². The molecule has 1 aromatic carbocycles. The van der Waals surface area contributed by atoms with Crippen molar-refractivity contribution in [1.82, 2.24) is 0 Å². The number of hydrogen-bond donors (Lipinski definition) is 0. The third-order valence-corrected chi connectivity index (χ3v) is 3.75. The van der Waals surface area contributed by atoms with Crippen molar-refractivity contribution in [1.29, 1.82) is 0 Å². The first kappa shape index (κ1) is 15.7. The number of hydrogen-bond acceptors (Lipinski definition) is 5. The minimum Gasteiger partial charge on any atom is -0.464 e. The Balaban J connectivity index is 2.74. The summed E-state index contributed by atoms with van der Waals surface area (Å²) in [5.74, 6) is -0.683. The molecular weight excluding hydrogens is 268 g/mol. The lowest BCUT2D eigenvalue weighted by Crippen LogP contribution is -2.26. The number of rotatable bonds is 6. The smallest absolute Gasteiger partial charge is 0.336 e. The van der Waals surface area contributed by atoms with E-state index < -0.39 is 22.2 Å². The third kappa shape index (κ3) is 4.65. The summed E-state index contributed by atoms with van der Waals surface area (Å²) >= 11 is 0. The van der Waals surface area contributed by atoms with E-state index in [1.54, 1.807) is 12.1 Å². The number of carbonyl (C=O) groups excluding carboxylic acids is 1. The fourth-order valence-corrected chi connectivity index (χ4v) is 2.35. The van der Waals surface area contributed by atoms with E-state index >= 15 is 0 Å². The van der Waals surface area contributed by atoms with Gasteiger partial charge in [-0.25, -0.2) is 4.79 Å². The minimum absolute atomic E-state index is 0.0215. The number of benzene rings is 1. The summed E-state index contributed by atoms with van der Waals surface area (Å²) in [5.41, 5.74) is 0.939. The summed E-state index contributed by atoms with van der Waals surface area (Å²) in [6, 6.07) is 6.20. The molecule has 1 unspecified atom stereocenters. The zero-order chi connectivity index (χ0) is 14.5. The van der Waals surface area contributed by atoms with Crippen molar-refractivity contribution in [3.05, 3.63) is 29.8 Å². The molecule has 0 aromatic heterocycles. The van der Waals surface area contributed by atoms with Gasteiger partial charge in [-0.2, -0.15) is 8.42 Å². The molecular formula is C13H18O5S. The first-order valence-electron chi connectivity index (χ1n) is 6.03. The van der Waals surface area contributed by atoms with Gasteiger partial charge in [0, 0.05) is 0 Å². The Morgan fingerprint density at radius 3 is 2.37 bits per heavy atom. The van der Waals surface area contributed by atoms with Crippen LogP contribution in [0.5, 0.6) is 0 Å². The van der Waals surface area contributed by atoms with E-state index in [-0.39, 0.29) is 11.5 Å². The number of esters is 1. The molecule has 1 rings (SSSR count). The lowest BCUT2D eigenvalue weighted by molar-refractivity contribution is -0.150. The van der Waals surface area contributed by atoms with Crippen LogP contribution < -0.4 is 0 Å². The maximum atomic E-state index is 11.9. The number of aryl methyl sites for hydroxylation is 1. The van der Waals surface area contributed by atoms with E-state index in [9.17, 15) is 13.2 Å². The van der Waals surface area contributed by atoms with Gasteiger partial charge >= 0.3 is 5.97 Å². The van der Waals surface area contributed by atoms with Crippen LogP contribution in [-0.2, 0) is 23.8 Å². The van der Waals surface area contributed by atoms with Gasteiger partial charge in [-0.05, 0) is 32.4 Å². The van der Waals surface area contributed by atoms with E-state index in [2.05, 4.69) is 0 Å². The van der Waals surface area contributed by atoms with Gasteiger partial charge < -0.3 is 4.74 Å². The van der Waals surface area contributed by atoms with Gasteiger partial charge in [-0.1, -0.05) is 24.6 Å². The first-order chi connectivity index (χ1) is 8.86. The normalized spacial score (nSPS) is 13.0. The molecule has 0 aliphatic rings. The Bertz CT molecular complexity index is 518. The number of ether oxygens (including phenoxy) is 1. The van der Waals surface area contributed by atoms with Crippen molar-refractivity contribution < 1.29 is 22.1 Å². The van der Waals surface area contributed by atoms with Crippen LogP contribution in [0.25, 0.3) is 0 Å². The summed E-state index contributed by atoms with van der Waals surface area (Å²) in [7, 11) is -3.95. The van der Waals surface area contributed by atoms with Crippen LogP contribution in [0.4, 0.5) is 0 Å². The summed E-state index contributed by atoms with van der Waals surface area (Å²) in [4.78, 5) is 11.5.